The smallest absolute Gasteiger partial charge is 0.119 e. The summed E-state index contributed by atoms with van der Waals surface area (Å²) in [4.78, 5) is 4.76. The number of nitrogens with zero attached hydrogens (tertiary/aromatic N) is 2. The van der Waals surface area contributed by atoms with Crippen LogP contribution in [-0.4, -0.2) is 63.7 Å². The van der Waals surface area contributed by atoms with Gasteiger partial charge in [0.2, 0.25) is 0 Å². The molecule has 0 spiro atoms. The highest BCUT2D eigenvalue weighted by molar-refractivity contribution is 5.30. The Bertz CT molecular complexity index is 409. The van der Waals surface area contributed by atoms with Crippen molar-refractivity contribution in [3.63, 3.8) is 0 Å². The van der Waals surface area contributed by atoms with E-state index in [-0.39, 0.29) is 0 Å². The maximum Gasteiger partial charge on any atom is 0.119 e. The lowest BCUT2D eigenvalue weighted by Crippen LogP contribution is -2.43. The van der Waals surface area contributed by atoms with E-state index in [0.29, 0.717) is 12.1 Å². The summed E-state index contributed by atoms with van der Waals surface area (Å²) in [5.41, 5.74) is 1.27. The minimum absolute atomic E-state index is 0.310. The van der Waals surface area contributed by atoms with Gasteiger partial charge in [-0.2, -0.15) is 0 Å². The minimum Gasteiger partial charge on any atom is -0.497 e. The summed E-state index contributed by atoms with van der Waals surface area (Å²) in [5, 5.41) is 3.43. The molecule has 21 heavy (non-hydrogen) atoms. The van der Waals surface area contributed by atoms with E-state index in [4.69, 9.17) is 4.74 Å². The average Bonchev–Trinajstić information content (AvgIpc) is 2.47. The van der Waals surface area contributed by atoms with Crippen LogP contribution in [0.5, 0.6) is 5.75 Å². The van der Waals surface area contributed by atoms with E-state index in [1.807, 2.05) is 13.1 Å². The molecule has 0 aliphatic heterocycles. The Morgan fingerprint density at radius 2 is 1.95 bits per heavy atom. The molecule has 0 aliphatic carbocycles. The van der Waals surface area contributed by atoms with Crippen LogP contribution >= 0.6 is 0 Å². The Balaban J connectivity index is 2.78. The molecule has 0 saturated carbocycles. The van der Waals surface area contributed by atoms with Gasteiger partial charge in [-0.25, -0.2) is 0 Å². The van der Waals surface area contributed by atoms with Crippen molar-refractivity contribution in [3.8, 4) is 5.75 Å². The third-order valence-corrected chi connectivity index (χ3v) is 3.92. The Morgan fingerprint density at radius 1 is 1.24 bits per heavy atom. The van der Waals surface area contributed by atoms with E-state index < -0.39 is 0 Å². The van der Waals surface area contributed by atoms with Gasteiger partial charge in [0.05, 0.1) is 7.11 Å². The largest absolute Gasteiger partial charge is 0.497 e. The first-order valence-electron chi connectivity index (χ1n) is 7.71. The molecule has 0 heterocycles. The topological polar surface area (TPSA) is 27.7 Å². The number of methoxy groups -OCH3 is 1. The van der Waals surface area contributed by atoms with Crippen molar-refractivity contribution in [1.82, 2.24) is 15.1 Å². The predicted octanol–water partition coefficient (Wildman–Crippen LogP) is 2.23. The van der Waals surface area contributed by atoms with Crippen LogP contribution in [-0.2, 0) is 0 Å². The maximum absolute atomic E-state index is 5.33. The van der Waals surface area contributed by atoms with Crippen molar-refractivity contribution >= 4 is 0 Å². The number of ether oxygens (including phenoxy) is 1. The molecule has 0 amide bonds. The lowest BCUT2D eigenvalue weighted by molar-refractivity contribution is 0.166. The monoisotopic (exact) mass is 293 g/mol. The van der Waals surface area contributed by atoms with Crippen molar-refractivity contribution < 1.29 is 4.74 Å². The van der Waals surface area contributed by atoms with Crippen LogP contribution < -0.4 is 10.1 Å². The fourth-order valence-electron chi connectivity index (χ4n) is 2.72. The van der Waals surface area contributed by atoms with Crippen molar-refractivity contribution in [2.45, 2.75) is 25.9 Å². The second-order valence-corrected chi connectivity index (χ2v) is 5.82. The van der Waals surface area contributed by atoms with Gasteiger partial charge in [-0.05, 0) is 52.3 Å². The van der Waals surface area contributed by atoms with E-state index in [9.17, 15) is 0 Å². The normalized spacial score (nSPS) is 14.5. The summed E-state index contributed by atoms with van der Waals surface area (Å²) < 4.78 is 5.33. The highest BCUT2D eigenvalue weighted by atomic mass is 16.5. The number of likely N-dealkylation sites (N-methyl/N-ethyl adjacent to an activating group) is 3. The minimum atomic E-state index is 0.310. The van der Waals surface area contributed by atoms with Gasteiger partial charge < -0.3 is 15.0 Å². The number of hydrogen-bond donors (Lipinski definition) is 1. The predicted molar refractivity (Wildman–Crippen MR) is 90.1 cm³/mol. The summed E-state index contributed by atoms with van der Waals surface area (Å²) in [6.45, 7) is 7.64. The zero-order valence-electron chi connectivity index (χ0n) is 14.4. The second-order valence-electron chi connectivity index (χ2n) is 5.82. The standard InChI is InChI=1S/C17H31N3O/c1-7-20(14(2)12-19(4)5)13-17(18-3)15-9-8-10-16(11-15)21-6/h8-11,14,17-18H,7,12-13H2,1-6H3. The van der Waals surface area contributed by atoms with Crippen molar-refractivity contribution in [3.05, 3.63) is 29.8 Å². The first-order chi connectivity index (χ1) is 10.0. The number of hydrogen-bond acceptors (Lipinski definition) is 4. The fraction of sp³-hybridized carbons (Fsp3) is 0.647. The quantitative estimate of drug-likeness (QED) is 0.755. The summed E-state index contributed by atoms with van der Waals surface area (Å²) in [6.07, 6.45) is 0. The summed E-state index contributed by atoms with van der Waals surface area (Å²) in [6, 6.07) is 9.16. The van der Waals surface area contributed by atoms with Crippen LogP contribution in [0.1, 0.15) is 25.5 Å². The Labute approximate surface area is 130 Å². The molecule has 0 radical (unpaired) electrons. The van der Waals surface area contributed by atoms with Gasteiger partial charge >= 0.3 is 0 Å². The van der Waals surface area contributed by atoms with Gasteiger partial charge in [-0.3, -0.25) is 4.90 Å². The zero-order valence-corrected chi connectivity index (χ0v) is 14.4. The molecule has 1 aromatic rings. The molecular formula is C17H31N3O. The maximum atomic E-state index is 5.33. The number of rotatable bonds is 9. The van der Waals surface area contributed by atoms with Crippen LogP contribution in [0.15, 0.2) is 24.3 Å². The zero-order chi connectivity index (χ0) is 15.8. The van der Waals surface area contributed by atoms with Gasteiger partial charge in [0, 0.05) is 25.2 Å². The Morgan fingerprint density at radius 3 is 2.48 bits per heavy atom. The van der Waals surface area contributed by atoms with E-state index in [2.05, 4.69) is 61.3 Å². The van der Waals surface area contributed by atoms with Crippen molar-refractivity contribution in [1.29, 1.82) is 0 Å². The highest BCUT2D eigenvalue weighted by Gasteiger charge is 2.18. The van der Waals surface area contributed by atoms with Crippen molar-refractivity contribution in [2.24, 2.45) is 0 Å². The second kappa shape index (κ2) is 9.03. The van der Waals surface area contributed by atoms with Gasteiger partial charge in [0.15, 0.2) is 0 Å². The van der Waals surface area contributed by atoms with E-state index >= 15 is 0 Å². The van der Waals surface area contributed by atoms with E-state index in [1.165, 1.54) is 5.56 Å². The van der Waals surface area contributed by atoms with Crippen LogP contribution in [0.3, 0.4) is 0 Å². The first-order valence-corrected chi connectivity index (χ1v) is 7.71. The molecule has 2 atom stereocenters. The molecule has 0 aliphatic rings. The average molecular weight is 293 g/mol. The highest BCUT2D eigenvalue weighted by Crippen LogP contribution is 2.20. The van der Waals surface area contributed by atoms with E-state index in [0.717, 1.165) is 25.4 Å². The Kier molecular flexibility index (Phi) is 7.72. The molecule has 4 heteroatoms. The number of nitrogens with one attached hydrogen (secondary N) is 1. The van der Waals surface area contributed by atoms with E-state index in [1.54, 1.807) is 7.11 Å². The summed E-state index contributed by atoms with van der Waals surface area (Å²) in [7, 11) is 7.99. The Hall–Kier alpha value is -1.10. The number of benzene rings is 1. The summed E-state index contributed by atoms with van der Waals surface area (Å²) in [5.74, 6) is 0.914. The molecule has 0 bridgehead atoms. The molecule has 120 valence electrons. The molecule has 0 aromatic heterocycles. The van der Waals surface area contributed by atoms with Gasteiger partial charge in [-0.15, -0.1) is 0 Å². The SMILES string of the molecule is CCN(CC(NC)c1cccc(OC)c1)C(C)CN(C)C. The van der Waals surface area contributed by atoms with Gasteiger partial charge in [-0.1, -0.05) is 19.1 Å². The molecule has 1 aromatic carbocycles. The van der Waals surface area contributed by atoms with Crippen LogP contribution in [0.4, 0.5) is 0 Å². The third-order valence-electron chi connectivity index (χ3n) is 3.92. The van der Waals surface area contributed by atoms with Crippen LogP contribution in [0.2, 0.25) is 0 Å². The molecular weight excluding hydrogens is 262 g/mol. The molecule has 2 unspecified atom stereocenters. The summed E-state index contributed by atoms with van der Waals surface area (Å²) >= 11 is 0. The molecule has 0 fully saturated rings. The molecule has 1 N–H and O–H groups in total. The first kappa shape index (κ1) is 18.0. The molecule has 4 nitrogen and oxygen atoms in total. The van der Waals surface area contributed by atoms with Crippen LogP contribution in [0.25, 0.3) is 0 Å². The third kappa shape index (κ3) is 5.65. The lowest BCUT2D eigenvalue weighted by Gasteiger charge is -2.33. The lowest BCUT2D eigenvalue weighted by atomic mass is 10.1. The van der Waals surface area contributed by atoms with Crippen molar-refractivity contribution in [2.75, 3.05) is 47.9 Å². The molecule has 0 saturated heterocycles. The van der Waals surface area contributed by atoms with Gasteiger partial charge in [0.25, 0.3) is 0 Å². The van der Waals surface area contributed by atoms with Crippen LogP contribution in [0, 0.1) is 0 Å². The van der Waals surface area contributed by atoms with Gasteiger partial charge in [0.1, 0.15) is 5.75 Å². The molecule has 1 rings (SSSR count). The fourth-order valence-corrected chi connectivity index (χ4v) is 2.72.